The summed E-state index contributed by atoms with van der Waals surface area (Å²) < 4.78 is 10.0. The molecule has 0 spiro atoms. The van der Waals surface area contributed by atoms with Gasteiger partial charge in [-0.25, -0.2) is 4.79 Å². The molecule has 0 bridgehead atoms. The van der Waals surface area contributed by atoms with Gasteiger partial charge in [0, 0.05) is 16.8 Å². The highest BCUT2D eigenvalue weighted by Gasteiger charge is 2.17. The number of methoxy groups -OCH3 is 1. The number of ether oxygens (including phenoxy) is 2. The summed E-state index contributed by atoms with van der Waals surface area (Å²) in [5.41, 5.74) is 6.49. The van der Waals surface area contributed by atoms with Crippen LogP contribution in [-0.2, 0) is 9.53 Å². The van der Waals surface area contributed by atoms with Gasteiger partial charge in [0.15, 0.2) is 6.61 Å². The molecule has 0 aliphatic rings. The van der Waals surface area contributed by atoms with Crippen LogP contribution in [0.2, 0.25) is 10.0 Å². The van der Waals surface area contributed by atoms with Gasteiger partial charge in [0.05, 0.1) is 17.8 Å². The third kappa shape index (κ3) is 4.53. The SMILES string of the molecule is COc1cc(N)c(Cl)cc1C(=O)OCC(=O)Nc1cccc(Cl)c1. The molecule has 24 heavy (non-hydrogen) atoms. The number of rotatable bonds is 5. The van der Waals surface area contributed by atoms with Crippen molar-refractivity contribution in [3.05, 3.63) is 52.0 Å². The number of esters is 1. The molecule has 2 aromatic carbocycles. The Balaban J connectivity index is 2.00. The number of amides is 1. The minimum atomic E-state index is -0.755. The van der Waals surface area contributed by atoms with E-state index in [1.807, 2.05) is 0 Å². The molecule has 0 aliphatic heterocycles. The van der Waals surface area contributed by atoms with E-state index in [-0.39, 0.29) is 22.0 Å². The Morgan fingerprint density at radius 3 is 2.62 bits per heavy atom. The highest BCUT2D eigenvalue weighted by Crippen LogP contribution is 2.29. The van der Waals surface area contributed by atoms with Crippen LogP contribution in [0.1, 0.15) is 10.4 Å². The number of anilines is 2. The highest BCUT2D eigenvalue weighted by molar-refractivity contribution is 6.33. The number of halogens is 2. The first-order chi connectivity index (χ1) is 11.4. The van der Waals surface area contributed by atoms with Gasteiger partial charge < -0.3 is 20.5 Å². The van der Waals surface area contributed by atoms with Crippen LogP contribution in [0.4, 0.5) is 11.4 Å². The summed E-state index contributed by atoms with van der Waals surface area (Å²) in [6, 6.07) is 9.33. The number of nitrogens with one attached hydrogen (secondary N) is 1. The molecule has 1 amide bonds. The third-order valence-electron chi connectivity index (χ3n) is 2.98. The van der Waals surface area contributed by atoms with E-state index in [9.17, 15) is 9.59 Å². The van der Waals surface area contributed by atoms with E-state index in [0.29, 0.717) is 10.7 Å². The van der Waals surface area contributed by atoms with Crippen molar-refractivity contribution < 1.29 is 19.1 Å². The van der Waals surface area contributed by atoms with E-state index in [0.717, 1.165) is 0 Å². The fourth-order valence-corrected chi connectivity index (χ4v) is 2.22. The molecule has 2 aromatic rings. The molecule has 126 valence electrons. The van der Waals surface area contributed by atoms with Crippen LogP contribution in [-0.4, -0.2) is 25.6 Å². The zero-order valence-corrected chi connectivity index (χ0v) is 14.1. The maximum atomic E-state index is 12.1. The molecule has 6 nitrogen and oxygen atoms in total. The van der Waals surface area contributed by atoms with Crippen LogP contribution in [0.5, 0.6) is 5.75 Å². The van der Waals surface area contributed by atoms with Gasteiger partial charge in [0.25, 0.3) is 5.91 Å². The largest absolute Gasteiger partial charge is 0.496 e. The summed E-state index contributed by atoms with van der Waals surface area (Å²) in [5.74, 6) is -1.06. The van der Waals surface area contributed by atoms with E-state index >= 15 is 0 Å². The van der Waals surface area contributed by atoms with Crippen LogP contribution < -0.4 is 15.8 Å². The Morgan fingerprint density at radius 1 is 1.21 bits per heavy atom. The van der Waals surface area contributed by atoms with Crippen LogP contribution in [0.15, 0.2) is 36.4 Å². The van der Waals surface area contributed by atoms with Crippen LogP contribution in [0.25, 0.3) is 0 Å². The zero-order valence-electron chi connectivity index (χ0n) is 12.6. The average Bonchev–Trinajstić information content (AvgIpc) is 2.54. The maximum absolute atomic E-state index is 12.1. The molecule has 0 saturated carbocycles. The monoisotopic (exact) mass is 368 g/mol. The molecule has 0 heterocycles. The Labute approximate surface area is 148 Å². The number of hydrogen-bond acceptors (Lipinski definition) is 5. The van der Waals surface area contributed by atoms with Gasteiger partial charge in [-0.05, 0) is 24.3 Å². The Morgan fingerprint density at radius 2 is 1.96 bits per heavy atom. The van der Waals surface area contributed by atoms with Gasteiger partial charge in [-0.15, -0.1) is 0 Å². The lowest BCUT2D eigenvalue weighted by Crippen LogP contribution is -2.21. The van der Waals surface area contributed by atoms with Crippen LogP contribution in [0.3, 0.4) is 0 Å². The lowest BCUT2D eigenvalue weighted by molar-refractivity contribution is -0.119. The minimum Gasteiger partial charge on any atom is -0.496 e. The first-order valence-corrected chi connectivity index (χ1v) is 7.52. The molecule has 2 rings (SSSR count). The molecule has 0 aromatic heterocycles. The normalized spacial score (nSPS) is 10.1. The van der Waals surface area contributed by atoms with E-state index in [4.69, 9.17) is 38.4 Å². The molecule has 0 unspecified atom stereocenters. The van der Waals surface area contributed by atoms with Crippen molar-refractivity contribution in [2.24, 2.45) is 0 Å². The molecule has 0 atom stereocenters. The van der Waals surface area contributed by atoms with E-state index in [2.05, 4.69) is 5.32 Å². The maximum Gasteiger partial charge on any atom is 0.342 e. The zero-order chi connectivity index (χ0) is 17.7. The van der Waals surface area contributed by atoms with Crippen molar-refractivity contribution in [1.29, 1.82) is 0 Å². The second-order valence-corrected chi connectivity index (χ2v) is 5.55. The lowest BCUT2D eigenvalue weighted by atomic mass is 10.2. The van der Waals surface area contributed by atoms with Crippen molar-refractivity contribution in [1.82, 2.24) is 0 Å². The Kier molecular flexibility index (Phi) is 5.89. The molecular formula is C16H14Cl2N2O4. The first-order valence-electron chi connectivity index (χ1n) is 6.76. The lowest BCUT2D eigenvalue weighted by Gasteiger charge is -2.11. The van der Waals surface area contributed by atoms with Crippen LogP contribution >= 0.6 is 23.2 Å². The summed E-state index contributed by atoms with van der Waals surface area (Å²) in [6.45, 7) is -0.476. The third-order valence-corrected chi connectivity index (χ3v) is 3.54. The number of nitrogen functional groups attached to an aromatic ring is 1. The van der Waals surface area contributed by atoms with Crippen molar-refractivity contribution in [3.8, 4) is 5.75 Å². The molecule has 0 aliphatic carbocycles. The van der Waals surface area contributed by atoms with Gasteiger partial charge in [-0.3, -0.25) is 4.79 Å². The predicted octanol–water partition coefficient (Wildman–Crippen LogP) is 3.38. The summed E-state index contributed by atoms with van der Waals surface area (Å²) in [5, 5.41) is 3.22. The molecule has 0 saturated heterocycles. The van der Waals surface area contributed by atoms with Gasteiger partial charge >= 0.3 is 5.97 Å². The second-order valence-electron chi connectivity index (χ2n) is 4.71. The van der Waals surface area contributed by atoms with Crippen molar-refractivity contribution in [2.75, 3.05) is 24.8 Å². The fourth-order valence-electron chi connectivity index (χ4n) is 1.87. The number of carbonyl (C=O) groups excluding carboxylic acids is 2. The van der Waals surface area contributed by atoms with E-state index in [1.54, 1.807) is 24.3 Å². The average molecular weight is 369 g/mol. The molecule has 0 radical (unpaired) electrons. The Hall–Kier alpha value is -2.44. The number of hydrogen-bond donors (Lipinski definition) is 2. The standard InChI is InChI=1S/C16H14Cl2N2O4/c1-23-14-7-13(19)12(18)6-11(14)16(22)24-8-15(21)20-10-4-2-3-9(17)5-10/h2-7H,8,19H2,1H3,(H,20,21). The Bertz CT molecular complexity index is 781. The van der Waals surface area contributed by atoms with Crippen molar-refractivity contribution >= 4 is 46.5 Å². The predicted molar refractivity (Wildman–Crippen MR) is 92.8 cm³/mol. The van der Waals surface area contributed by atoms with Gasteiger partial charge in [-0.1, -0.05) is 29.3 Å². The van der Waals surface area contributed by atoms with Gasteiger partial charge in [0.2, 0.25) is 0 Å². The minimum absolute atomic E-state index is 0.0762. The number of carbonyl (C=O) groups is 2. The van der Waals surface area contributed by atoms with Gasteiger partial charge in [-0.2, -0.15) is 0 Å². The first kappa shape index (κ1) is 17.9. The molecule has 0 fully saturated rings. The fraction of sp³-hybridized carbons (Fsp3) is 0.125. The quantitative estimate of drug-likeness (QED) is 0.623. The summed E-state index contributed by atoms with van der Waals surface area (Å²) in [6.07, 6.45) is 0. The second kappa shape index (κ2) is 7.90. The topological polar surface area (TPSA) is 90.7 Å². The summed E-state index contributed by atoms with van der Waals surface area (Å²) >= 11 is 11.7. The smallest absolute Gasteiger partial charge is 0.342 e. The molecule has 8 heteroatoms. The molecular weight excluding hydrogens is 355 g/mol. The van der Waals surface area contributed by atoms with Crippen molar-refractivity contribution in [3.63, 3.8) is 0 Å². The van der Waals surface area contributed by atoms with Gasteiger partial charge in [0.1, 0.15) is 11.3 Å². The van der Waals surface area contributed by atoms with Crippen LogP contribution in [0, 0.1) is 0 Å². The summed E-state index contributed by atoms with van der Waals surface area (Å²) in [7, 11) is 1.38. The van der Waals surface area contributed by atoms with Crippen molar-refractivity contribution in [2.45, 2.75) is 0 Å². The highest BCUT2D eigenvalue weighted by atomic mass is 35.5. The molecule has 3 N–H and O–H groups in total. The number of nitrogens with two attached hydrogens (primary N) is 1. The van der Waals surface area contributed by atoms with E-state index < -0.39 is 18.5 Å². The summed E-state index contributed by atoms with van der Waals surface area (Å²) in [4.78, 5) is 23.9. The van der Waals surface area contributed by atoms with E-state index in [1.165, 1.54) is 19.2 Å². The number of benzene rings is 2.